The van der Waals surface area contributed by atoms with E-state index in [4.69, 9.17) is 5.84 Å². The quantitative estimate of drug-likeness (QED) is 0.365. The summed E-state index contributed by atoms with van der Waals surface area (Å²) < 4.78 is 0. The van der Waals surface area contributed by atoms with Gasteiger partial charge < -0.3 is 0 Å². The Bertz CT molecular complexity index is 564. The number of rotatable bonds is 3. The van der Waals surface area contributed by atoms with Gasteiger partial charge in [0.25, 0.3) is 5.91 Å². The zero-order chi connectivity index (χ0) is 14.9. The number of hydrogen-bond donors (Lipinski definition) is 2. The van der Waals surface area contributed by atoms with Crippen molar-refractivity contribution in [1.82, 2.24) is 10.3 Å². The summed E-state index contributed by atoms with van der Waals surface area (Å²) in [4.78, 5) is 36.5. The van der Waals surface area contributed by atoms with E-state index in [1.807, 2.05) is 5.43 Å². The van der Waals surface area contributed by atoms with E-state index in [1.165, 1.54) is 4.90 Å². The minimum atomic E-state index is -0.629. The highest BCUT2D eigenvalue weighted by molar-refractivity contribution is 6.05. The molecule has 3 N–H and O–H groups in total. The number of carbonyl (C=O) groups is 3. The SMILES string of the molecule is CC1(C)CC(=O)N(Cc2ccc(C(=O)NN)cc2)C1=O. The lowest BCUT2D eigenvalue weighted by atomic mass is 9.92. The lowest BCUT2D eigenvalue weighted by Crippen LogP contribution is -2.32. The molecule has 0 aromatic heterocycles. The van der Waals surface area contributed by atoms with Gasteiger partial charge in [-0.2, -0.15) is 0 Å². The molecule has 0 radical (unpaired) electrons. The van der Waals surface area contributed by atoms with E-state index in [1.54, 1.807) is 38.1 Å². The summed E-state index contributed by atoms with van der Waals surface area (Å²) in [6, 6.07) is 6.62. The molecule has 0 saturated carbocycles. The summed E-state index contributed by atoms with van der Waals surface area (Å²) in [5, 5.41) is 0. The van der Waals surface area contributed by atoms with Gasteiger partial charge in [-0.25, -0.2) is 5.84 Å². The first-order chi connectivity index (χ1) is 9.35. The molecule has 1 aromatic rings. The topological polar surface area (TPSA) is 92.5 Å². The normalized spacial score (nSPS) is 17.4. The second-order valence-corrected chi connectivity index (χ2v) is 5.52. The van der Waals surface area contributed by atoms with Gasteiger partial charge in [-0.15, -0.1) is 0 Å². The molecule has 20 heavy (non-hydrogen) atoms. The van der Waals surface area contributed by atoms with E-state index in [-0.39, 0.29) is 30.7 Å². The van der Waals surface area contributed by atoms with Crippen LogP contribution < -0.4 is 11.3 Å². The predicted octanol–water partition coefficient (Wildman–Crippen LogP) is 0.575. The molecule has 2 rings (SSSR count). The van der Waals surface area contributed by atoms with Crippen molar-refractivity contribution in [2.75, 3.05) is 0 Å². The van der Waals surface area contributed by atoms with Crippen LogP contribution in [0, 0.1) is 5.41 Å². The van der Waals surface area contributed by atoms with Crippen molar-refractivity contribution in [3.63, 3.8) is 0 Å². The van der Waals surface area contributed by atoms with E-state index in [0.29, 0.717) is 5.56 Å². The summed E-state index contributed by atoms with van der Waals surface area (Å²) in [7, 11) is 0. The zero-order valence-corrected chi connectivity index (χ0v) is 11.5. The first kappa shape index (κ1) is 14.2. The second kappa shape index (κ2) is 5.05. The third kappa shape index (κ3) is 2.55. The van der Waals surface area contributed by atoms with Crippen LogP contribution in [-0.4, -0.2) is 22.6 Å². The molecule has 0 bridgehead atoms. The van der Waals surface area contributed by atoms with E-state index >= 15 is 0 Å². The van der Waals surface area contributed by atoms with Crippen molar-refractivity contribution in [1.29, 1.82) is 0 Å². The minimum Gasteiger partial charge on any atom is -0.290 e. The number of nitrogens with two attached hydrogens (primary N) is 1. The summed E-state index contributed by atoms with van der Waals surface area (Å²) >= 11 is 0. The van der Waals surface area contributed by atoms with Crippen molar-refractivity contribution in [3.05, 3.63) is 35.4 Å². The molecular formula is C14H17N3O3. The number of amides is 3. The molecular weight excluding hydrogens is 258 g/mol. The van der Waals surface area contributed by atoms with Gasteiger partial charge >= 0.3 is 0 Å². The monoisotopic (exact) mass is 275 g/mol. The fourth-order valence-corrected chi connectivity index (χ4v) is 2.22. The van der Waals surface area contributed by atoms with Gasteiger partial charge in [0.15, 0.2) is 0 Å². The number of imide groups is 1. The van der Waals surface area contributed by atoms with Gasteiger partial charge in [0, 0.05) is 12.0 Å². The standard InChI is InChI=1S/C14H17N3O3/c1-14(2)7-11(18)17(13(14)20)8-9-3-5-10(6-4-9)12(19)16-15/h3-6H,7-8,15H2,1-2H3,(H,16,19). The molecule has 1 fully saturated rings. The van der Waals surface area contributed by atoms with Gasteiger partial charge in [-0.1, -0.05) is 26.0 Å². The smallest absolute Gasteiger partial charge is 0.265 e. The molecule has 6 heteroatoms. The van der Waals surface area contributed by atoms with Gasteiger partial charge in [0.2, 0.25) is 11.8 Å². The molecule has 1 aliphatic heterocycles. The zero-order valence-electron chi connectivity index (χ0n) is 11.5. The molecule has 106 valence electrons. The van der Waals surface area contributed by atoms with Crippen LogP contribution in [0.2, 0.25) is 0 Å². The number of nitrogen functional groups attached to an aromatic ring is 1. The van der Waals surface area contributed by atoms with Gasteiger partial charge in [0.05, 0.1) is 12.0 Å². The highest BCUT2D eigenvalue weighted by atomic mass is 16.2. The van der Waals surface area contributed by atoms with Crippen LogP contribution in [0.3, 0.4) is 0 Å². The molecule has 0 unspecified atom stereocenters. The van der Waals surface area contributed by atoms with Crippen molar-refractivity contribution in [3.8, 4) is 0 Å². The molecule has 1 heterocycles. The minimum absolute atomic E-state index is 0.161. The maximum absolute atomic E-state index is 12.1. The number of carbonyl (C=O) groups excluding carboxylic acids is 3. The molecule has 1 aliphatic rings. The predicted molar refractivity (Wildman–Crippen MR) is 72.1 cm³/mol. The average Bonchev–Trinajstić information content (AvgIpc) is 2.61. The summed E-state index contributed by atoms with van der Waals surface area (Å²) in [5.74, 6) is 4.34. The maximum Gasteiger partial charge on any atom is 0.265 e. The summed E-state index contributed by atoms with van der Waals surface area (Å²) in [5.41, 5.74) is 2.63. The molecule has 0 atom stereocenters. The van der Waals surface area contributed by atoms with Crippen LogP contribution in [0.5, 0.6) is 0 Å². The third-order valence-corrected chi connectivity index (χ3v) is 3.41. The number of nitrogens with zero attached hydrogens (tertiary/aromatic N) is 1. The average molecular weight is 275 g/mol. The Labute approximate surface area is 116 Å². The maximum atomic E-state index is 12.1. The van der Waals surface area contributed by atoms with Crippen LogP contribution in [0.15, 0.2) is 24.3 Å². The number of likely N-dealkylation sites (tertiary alicyclic amines) is 1. The Balaban J connectivity index is 2.13. The van der Waals surface area contributed by atoms with E-state index in [0.717, 1.165) is 5.56 Å². The Morgan fingerprint density at radius 2 is 1.90 bits per heavy atom. The molecule has 1 saturated heterocycles. The van der Waals surface area contributed by atoms with Crippen molar-refractivity contribution in [2.45, 2.75) is 26.8 Å². The van der Waals surface area contributed by atoms with Gasteiger partial charge in [-0.05, 0) is 17.7 Å². The van der Waals surface area contributed by atoms with Crippen LogP contribution in [0.25, 0.3) is 0 Å². The first-order valence-corrected chi connectivity index (χ1v) is 6.30. The van der Waals surface area contributed by atoms with E-state index in [2.05, 4.69) is 0 Å². The first-order valence-electron chi connectivity index (χ1n) is 6.30. The molecule has 3 amide bonds. The lowest BCUT2D eigenvalue weighted by molar-refractivity contribution is -0.141. The number of hydrazine groups is 1. The highest BCUT2D eigenvalue weighted by Gasteiger charge is 2.44. The van der Waals surface area contributed by atoms with E-state index in [9.17, 15) is 14.4 Å². The summed E-state index contributed by atoms with van der Waals surface area (Å²) in [6.07, 6.45) is 0.236. The van der Waals surface area contributed by atoms with Crippen molar-refractivity contribution < 1.29 is 14.4 Å². The Kier molecular flexibility index (Phi) is 3.59. The third-order valence-electron chi connectivity index (χ3n) is 3.41. The number of hydrogen-bond acceptors (Lipinski definition) is 4. The van der Waals surface area contributed by atoms with Crippen LogP contribution in [0.1, 0.15) is 36.2 Å². The largest absolute Gasteiger partial charge is 0.290 e. The van der Waals surface area contributed by atoms with Gasteiger partial charge in [-0.3, -0.25) is 24.7 Å². The Morgan fingerprint density at radius 1 is 1.30 bits per heavy atom. The fourth-order valence-electron chi connectivity index (χ4n) is 2.22. The van der Waals surface area contributed by atoms with Crippen molar-refractivity contribution >= 4 is 17.7 Å². The number of benzene rings is 1. The Morgan fingerprint density at radius 3 is 2.35 bits per heavy atom. The second-order valence-electron chi connectivity index (χ2n) is 5.52. The molecule has 0 aliphatic carbocycles. The Hall–Kier alpha value is -2.21. The van der Waals surface area contributed by atoms with Crippen molar-refractivity contribution in [2.24, 2.45) is 11.3 Å². The lowest BCUT2D eigenvalue weighted by Gasteiger charge is -2.17. The highest BCUT2D eigenvalue weighted by Crippen LogP contribution is 2.32. The van der Waals surface area contributed by atoms with E-state index < -0.39 is 5.41 Å². The molecule has 0 spiro atoms. The van der Waals surface area contributed by atoms with Crippen LogP contribution in [-0.2, 0) is 16.1 Å². The van der Waals surface area contributed by atoms with Crippen LogP contribution in [0.4, 0.5) is 0 Å². The van der Waals surface area contributed by atoms with Gasteiger partial charge in [0.1, 0.15) is 0 Å². The van der Waals surface area contributed by atoms with Crippen LogP contribution >= 0.6 is 0 Å². The molecule has 6 nitrogen and oxygen atoms in total. The molecule has 1 aromatic carbocycles. The summed E-state index contributed by atoms with van der Waals surface area (Å²) in [6.45, 7) is 3.76. The number of nitrogens with one attached hydrogen (secondary N) is 1. The fraction of sp³-hybridized carbons (Fsp3) is 0.357.